The van der Waals surface area contributed by atoms with E-state index >= 15 is 0 Å². The molecule has 0 aliphatic carbocycles. The first-order chi connectivity index (χ1) is 20.9. The van der Waals surface area contributed by atoms with E-state index in [4.69, 9.17) is 4.74 Å². The van der Waals surface area contributed by atoms with E-state index in [-0.39, 0.29) is 18.7 Å². The molecule has 5 rings (SSSR count). The summed E-state index contributed by atoms with van der Waals surface area (Å²) in [5.41, 5.74) is -0.214. The number of hydrogen-bond acceptors (Lipinski definition) is 6. The van der Waals surface area contributed by atoms with Crippen molar-refractivity contribution >= 4 is 10.9 Å². The molecule has 1 aliphatic rings. The molecule has 4 aromatic rings. The maximum absolute atomic E-state index is 14.7. The van der Waals surface area contributed by atoms with Crippen LogP contribution < -0.4 is 4.74 Å². The van der Waals surface area contributed by atoms with Crippen molar-refractivity contribution in [1.82, 2.24) is 29.1 Å². The van der Waals surface area contributed by atoms with Gasteiger partial charge >= 0.3 is 0 Å². The molecule has 1 fully saturated rings. The SMILES string of the molecule is COc1ccc2c(ccn2CCCCCCCCCN2CCN(CC(O)(Cn3cncn3)c3ccc(F)cc3F)CC2)c1. The van der Waals surface area contributed by atoms with Crippen LogP contribution >= 0.6 is 0 Å². The van der Waals surface area contributed by atoms with Gasteiger partial charge in [0, 0.05) is 68.0 Å². The second kappa shape index (κ2) is 14.9. The molecule has 0 bridgehead atoms. The number of piperazine rings is 1. The van der Waals surface area contributed by atoms with E-state index < -0.39 is 17.2 Å². The van der Waals surface area contributed by atoms with Crippen LogP contribution in [0.25, 0.3) is 10.9 Å². The maximum atomic E-state index is 14.7. The number of aromatic nitrogens is 4. The van der Waals surface area contributed by atoms with E-state index in [1.165, 1.54) is 85.3 Å². The van der Waals surface area contributed by atoms with Crippen molar-refractivity contribution in [3.63, 3.8) is 0 Å². The van der Waals surface area contributed by atoms with Crippen LogP contribution in [-0.4, -0.2) is 80.6 Å². The van der Waals surface area contributed by atoms with Crippen LogP contribution in [-0.2, 0) is 18.7 Å². The van der Waals surface area contributed by atoms with Crippen LogP contribution in [0.2, 0.25) is 0 Å². The van der Waals surface area contributed by atoms with Gasteiger partial charge in [0.15, 0.2) is 0 Å². The average Bonchev–Trinajstić information content (AvgIpc) is 3.66. The third kappa shape index (κ3) is 8.40. The quantitative estimate of drug-likeness (QED) is 0.174. The minimum Gasteiger partial charge on any atom is -0.497 e. The van der Waals surface area contributed by atoms with Crippen molar-refractivity contribution in [3.05, 3.63) is 78.5 Å². The first-order valence-electron chi connectivity index (χ1n) is 15.5. The highest BCUT2D eigenvalue weighted by atomic mass is 19.1. The number of benzene rings is 2. The fourth-order valence-electron chi connectivity index (χ4n) is 6.21. The molecule has 10 heteroatoms. The molecule has 1 N–H and O–H groups in total. The number of hydrogen-bond donors (Lipinski definition) is 1. The third-order valence-corrected chi connectivity index (χ3v) is 8.62. The highest BCUT2D eigenvalue weighted by Crippen LogP contribution is 2.28. The summed E-state index contributed by atoms with van der Waals surface area (Å²) in [6, 6.07) is 11.8. The van der Waals surface area contributed by atoms with Gasteiger partial charge in [-0.15, -0.1) is 0 Å². The van der Waals surface area contributed by atoms with Gasteiger partial charge in [0.1, 0.15) is 35.6 Å². The summed E-state index contributed by atoms with van der Waals surface area (Å²) >= 11 is 0. The predicted molar refractivity (Wildman–Crippen MR) is 164 cm³/mol. The Balaban J connectivity index is 0.966. The summed E-state index contributed by atoms with van der Waals surface area (Å²) in [6.45, 7) is 5.79. The van der Waals surface area contributed by atoms with Crippen LogP contribution in [0, 0.1) is 11.6 Å². The zero-order valence-corrected chi connectivity index (χ0v) is 25.2. The lowest BCUT2D eigenvalue weighted by Crippen LogP contribution is -2.52. The van der Waals surface area contributed by atoms with Gasteiger partial charge < -0.3 is 19.3 Å². The molecule has 2 aromatic carbocycles. The monoisotopic (exact) mass is 594 g/mol. The topological polar surface area (TPSA) is 71.6 Å². The third-order valence-electron chi connectivity index (χ3n) is 8.62. The lowest BCUT2D eigenvalue weighted by atomic mass is 9.92. The Bertz CT molecular complexity index is 1420. The van der Waals surface area contributed by atoms with E-state index in [0.29, 0.717) is 0 Å². The molecule has 43 heavy (non-hydrogen) atoms. The fourth-order valence-corrected chi connectivity index (χ4v) is 6.21. The van der Waals surface area contributed by atoms with Crippen LogP contribution in [0.5, 0.6) is 5.75 Å². The number of methoxy groups -OCH3 is 1. The molecule has 8 nitrogen and oxygen atoms in total. The molecule has 1 saturated heterocycles. The summed E-state index contributed by atoms with van der Waals surface area (Å²) in [4.78, 5) is 8.57. The van der Waals surface area contributed by atoms with E-state index in [0.717, 1.165) is 51.1 Å². The number of aliphatic hydroxyl groups is 1. The van der Waals surface area contributed by atoms with E-state index in [1.807, 2.05) is 6.07 Å². The minimum atomic E-state index is -1.56. The maximum Gasteiger partial charge on any atom is 0.137 e. The molecule has 0 amide bonds. The fraction of sp³-hybridized carbons (Fsp3) is 0.515. The Morgan fingerprint density at radius 2 is 1.56 bits per heavy atom. The molecule has 0 saturated carbocycles. The Hall–Kier alpha value is -3.34. The Kier molecular flexibility index (Phi) is 10.8. The molecular formula is C33H44F2N6O2. The van der Waals surface area contributed by atoms with E-state index in [9.17, 15) is 13.9 Å². The molecule has 1 unspecified atom stereocenters. The number of nitrogens with zero attached hydrogens (tertiary/aromatic N) is 6. The van der Waals surface area contributed by atoms with Gasteiger partial charge in [0.25, 0.3) is 0 Å². The van der Waals surface area contributed by atoms with Crippen LogP contribution in [0.15, 0.2) is 61.3 Å². The van der Waals surface area contributed by atoms with Crippen molar-refractivity contribution in [2.45, 2.75) is 63.6 Å². The number of fused-ring (bicyclic) bond motifs is 1. The minimum absolute atomic E-state index is 0.0364. The van der Waals surface area contributed by atoms with Crippen molar-refractivity contribution < 1.29 is 18.6 Å². The number of aryl methyl sites for hydroxylation is 1. The largest absolute Gasteiger partial charge is 0.497 e. The molecule has 1 atom stereocenters. The number of unbranched alkanes of at least 4 members (excludes halogenated alkanes) is 6. The molecular weight excluding hydrogens is 550 g/mol. The van der Waals surface area contributed by atoms with Gasteiger partial charge in [-0.05, 0) is 49.7 Å². The first-order valence-corrected chi connectivity index (χ1v) is 15.5. The molecule has 3 heterocycles. The number of halogens is 2. The van der Waals surface area contributed by atoms with Crippen molar-refractivity contribution in [1.29, 1.82) is 0 Å². The standard InChI is InChI=1S/C33H44F2N6O2/c1-43-29-10-12-32-27(21-29)13-16-40(32)15-8-6-4-2-3-5-7-14-38-17-19-39(20-18-38)23-33(42,24-41-26-36-25-37-41)30-11-9-28(34)22-31(30)35/h9-13,16,21-22,25-26,42H,2-8,14-15,17-20,23-24H2,1H3. The summed E-state index contributed by atoms with van der Waals surface area (Å²) in [5.74, 6) is -0.518. The normalized spacial score (nSPS) is 16.1. The Morgan fingerprint density at radius 3 is 2.26 bits per heavy atom. The summed E-state index contributed by atoms with van der Waals surface area (Å²) in [6.07, 6.45) is 13.8. The smallest absolute Gasteiger partial charge is 0.137 e. The van der Waals surface area contributed by atoms with Crippen LogP contribution in [0.3, 0.4) is 0 Å². The zero-order chi connectivity index (χ0) is 30.1. The molecule has 0 spiro atoms. The Morgan fingerprint density at radius 1 is 0.837 bits per heavy atom. The highest BCUT2D eigenvalue weighted by molar-refractivity contribution is 5.81. The first kappa shape index (κ1) is 31.1. The van der Waals surface area contributed by atoms with Gasteiger partial charge in [-0.25, -0.2) is 18.4 Å². The average molecular weight is 595 g/mol. The van der Waals surface area contributed by atoms with Gasteiger partial charge in [-0.2, -0.15) is 5.10 Å². The number of ether oxygens (including phenoxy) is 1. The predicted octanol–water partition coefficient (Wildman–Crippen LogP) is 5.46. The van der Waals surface area contributed by atoms with Gasteiger partial charge in [-0.3, -0.25) is 4.90 Å². The molecule has 232 valence electrons. The Labute approximate surface area is 252 Å². The van der Waals surface area contributed by atoms with Crippen molar-refractivity contribution in [2.75, 3.05) is 46.4 Å². The summed E-state index contributed by atoms with van der Waals surface area (Å²) in [7, 11) is 1.70. The zero-order valence-electron chi connectivity index (χ0n) is 25.2. The number of β-amino-alcohol motifs (C(OH)–C–C–N with tert-alkyl or cyclic N) is 1. The lowest BCUT2D eigenvalue weighted by Gasteiger charge is -2.39. The van der Waals surface area contributed by atoms with Crippen LogP contribution in [0.4, 0.5) is 8.78 Å². The summed E-state index contributed by atoms with van der Waals surface area (Å²) in [5, 5.41) is 16.9. The molecule has 0 radical (unpaired) electrons. The molecule has 2 aromatic heterocycles. The van der Waals surface area contributed by atoms with Gasteiger partial charge in [-0.1, -0.05) is 38.2 Å². The highest BCUT2D eigenvalue weighted by Gasteiger charge is 2.36. The van der Waals surface area contributed by atoms with E-state index in [2.05, 4.69) is 48.8 Å². The second-order valence-electron chi connectivity index (χ2n) is 11.8. The van der Waals surface area contributed by atoms with Crippen molar-refractivity contribution in [3.8, 4) is 5.75 Å². The second-order valence-corrected chi connectivity index (χ2v) is 11.8. The lowest BCUT2D eigenvalue weighted by molar-refractivity contribution is -0.0319. The van der Waals surface area contributed by atoms with E-state index in [1.54, 1.807) is 7.11 Å². The number of rotatable bonds is 16. The molecule has 1 aliphatic heterocycles. The summed E-state index contributed by atoms with van der Waals surface area (Å²) < 4.78 is 37.5. The van der Waals surface area contributed by atoms with Crippen LogP contribution in [0.1, 0.15) is 50.5 Å². The van der Waals surface area contributed by atoms with Gasteiger partial charge in [0.2, 0.25) is 0 Å². The van der Waals surface area contributed by atoms with Crippen molar-refractivity contribution in [2.24, 2.45) is 0 Å². The van der Waals surface area contributed by atoms with Gasteiger partial charge in [0.05, 0.1) is 13.7 Å².